The van der Waals surface area contributed by atoms with Crippen molar-refractivity contribution in [1.29, 1.82) is 0 Å². The quantitative estimate of drug-likeness (QED) is 0.740. The summed E-state index contributed by atoms with van der Waals surface area (Å²) in [5, 5.41) is 0. The molecule has 94 valence electrons. The smallest absolute Gasteiger partial charge is 0.253 e. The van der Waals surface area contributed by atoms with E-state index in [9.17, 15) is 9.59 Å². The first-order valence-electron chi connectivity index (χ1n) is 6.21. The number of carbonyl (C=O) groups is 2. The minimum absolute atomic E-state index is 0.0683. The van der Waals surface area contributed by atoms with E-state index in [-0.39, 0.29) is 4.65 Å². The van der Waals surface area contributed by atoms with Crippen molar-refractivity contribution in [3.05, 3.63) is 53.3 Å². The summed E-state index contributed by atoms with van der Waals surface area (Å²) in [6.07, 6.45) is 0. The van der Waals surface area contributed by atoms with Crippen LogP contribution in [-0.2, 0) is 13.1 Å². The summed E-state index contributed by atoms with van der Waals surface area (Å²) in [6.45, 7) is 0.919. The molecule has 1 aliphatic heterocycles. The van der Waals surface area contributed by atoms with Crippen LogP contribution in [0.3, 0.4) is 0 Å². The number of rotatable bonds is 1. The molecule has 20 heavy (non-hydrogen) atoms. The lowest BCUT2D eigenvalue weighted by Crippen LogP contribution is -2.29. The molecule has 4 radical (unpaired) electrons. The molecule has 0 saturated heterocycles. The Bertz CT molecular complexity index is 711. The van der Waals surface area contributed by atoms with Crippen molar-refractivity contribution in [3.8, 4) is 0 Å². The van der Waals surface area contributed by atoms with Gasteiger partial charge in [0.15, 0.2) is 5.81 Å². The monoisotopic (exact) mass is 276 g/mol. The number of amides is 1. The van der Waals surface area contributed by atoms with E-state index in [1.54, 1.807) is 6.07 Å². The summed E-state index contributed by atoms with van der Waals surface area (Å²) in [4.78, 5) is 24.9. The van der Waals surface area contributed by atoms with E-state index in [2.05, 4.69) is 16.3 Å². The molecule has 2 heterocycles. The Morgan fingerprint density at radius 2 is 1.85 bits per heavy atom. The lowest BCUT2D eigenvalue weighted by molar-refractivity contribution is 0.107. The van der Waals surface area contributed by atoms with E-state index in [4.69, 9.17) is 7.85 Å². The molecule has 3 rings (SSSR count). The zero-order valence-corrected chi connectivity index (χ0v) is 11.9. The largest absolute Gasteiger partial charge is 0.337 e. The molecule has 1 aromatic carbocycles. The van der Waals surface area contributed by atoms with Gasteiger partial charge in [0.25, 0.3) is 16.3 Å². The number of fused-ring (bicyclic) bond motifs is 2. The average molecular weight is 276 g/mol. The minimum Gasteiger partial charge on any atom is -0.337 e. The van der Waals surface area contributed by atoms with Crippen molar-refractivity contribution < 1.29 is 9.59 Å². The molecule has 1 aliphatic rings. The second kappa shape index (κ2) is 4.97. The third kappa shape index (κ3) is 2.11. The molecule has 0 atom stereocenters. The molecule has 1 amide bonds. The minimum atomic E-state index is -0.495. The van der Waals surface area contributed by atoms with Crippen LogP contribution in [0.1, 0.15) is 21.7 Å². The zero-order chi connectivity index (χ0) is 14.3. The molecule has 0 fully saturated rings. The third-order valence-electron chi connectivity index (χ3n) is 3.52. The van der Waals surface area contributed by atoms with Crippen molar-refractivity contribution >= 4 is 40.3 Å². The predicted octanol–water partition coefficient (Wildman–Crippen LogP) is 1.45. The van der Waals surface area contributed by atoms with E-state index >= 15 is 0 Å². The van der Waals surface area contributed by atoms with E-state index in [0.717, 1.165) is 16.9 Å². The van der Waals surface area contributed by atoms with Gasteiger partial charge in [-0.25, -0.2) is 0 Å². The molecule has 0 bridgehead atoms. The molecular weight excluding hydrogens is 266 g/mol. The Kier molecular flexibility index (Phi) is 3.29. The summed E-state index contributed by atoms with van der Waals surface area (Å²) < 4.78 is 1.86. The molecule has 2 aromatic rings. The molecule has 4 nitrogen and oxygen atoms in total. The first-order chi connectivity index (χ1) is 9.58. The van der Waals surface area contributed by atoms with Crippen LogP contribution in [0, 0.1) is 0 Å². The highest BCUT2D eigenvalue weighted by molar-refractivity contribution is 6.62. The van der Waals surface area contributed by atoms with Gasteiger partial charge in [0.05, 0.1) is 23.4 Å². The van der Waals surface area contributed by atoms with Crippen LogP contribution in [0.4, 0.5) is 10.5 Å². The summed E-state index contributed by atoms with van der Waals surface area (Å²) in [7, 11) is 5.48. The Hall–Kier alpha value is -1.76. The fourth-order valence-corrected chi connectivity index (χ4v) is 2.82. The third-order valence-corrected chi connectivity index (χ3v) is 3.82. The molecule has 0 spiro atoms. The first-order valence-corrected chi connectivity index (χ1v) is 6.78. The van der Waals surface area contributed by atoms with Crippen LogP contribution < -0.4 is 4.90 Å². The van der Waals surface area contributed by atoms with Gasteiger partial charge in [-0.1, -0.05) is 18.2 Å². The maximum absolute atomic E-state index is 11.7. The second-order valence-electron chi connectivity index (χ2n) is 4.71. The van der Waals surface area contributed by atoms with E-state index in [1.807, 2.05) is 34.9 Å². The van der Waals surface area contributed by atoms with Crippen molar-refractivity contribution in [3.63, 3.8) is 0 Å². The molecule has 0 unspecified atom stereocenters. The Balaban J connectivity index is 2.18. The van der Waals surface area contributed by atoms with Gasteiger partial charge in [-0.3, -0.25) is 4.79 Å². The van der Waals surface area contributed by atoms with Crippen LogP contribution in [-0.4, -0.2) is 39.2 Å². The highest BCUT2D eigenvalue weighted by Crippen LogP contribution is 2.28. The first kappa shape index (κ1) is 13.2. The molecule has 0 saturated carbocycles. The van der Waals surface area contributed by atoms with Gasteiger partial charge < -0.3 is 14.3 Å². The fourth-order valence-electron chi connectivity index (χ4n) is 2.57. The lowest BCUT2D eigenvalue weighted by atomic mass is 10.1. The van der Waals surface area contributed by atoms with Crippen LogP contribution in [0.2, 0.25) is 0 Å². The van der Waals surface area contributed by atoms with Crippen molar-refractivity contribution in [1.82, 2.24) is 4.57 Å². The van der Waals surface area contributed by atoms with Crippen molar-refractivity contribution in [2.24, 2.45) is 0 Å². The van der Waals surface area contributed by atoms with E-state index in [1.165, 1.54) is 4.90 Å². The molecular formula is C14H10AlBN2O2. The standard InChI is InChI=1S/C14H10BN2O2.Al/c15-14(19)17-8-11-5-6-12(9-18)16(11)7-10-3-1-2-4-13(10)17;/h1-6H,7-8H2;. The molecule has 1 aromatic heterocycles. The topological polar surface area (TPSA) is 42.3 Å². The molecule has 0 aliphatic carbocycles. The summed E-state index contributed by atoms with van der Waals surface area (Å²) in [6, 6.07) is 11.2. The zero-order valence-electron chi connectivity index (χ0n) is 10.7. The van der Waals surface area contributed by atoms with Gasteiger partial charge in [0, 0.05) is 11.4 Å². The number of nitrogens with zero attached hydrogens (tertiary/aromatic N) is 2. The fraction of sp³-hybridized carbons (Fsp3) is 0.143. The summed E-state index contributed by atoms with van der Waals surface area (Å²) in [5.74, 6) is -0.495. The van der Waals surface area contributed by atoms with Gasteiger partial charge in [-0.2, -0.15) is 0 Å². The summed E-state index contributed by atoms with van der Waals surface area (Å²) in [5.41, 5.74) is 3.27. The number of hydrogen-bond acceptors (Lipinski definition) is 2. The van der Waals surface area contributed by atoms with Crippen LogP contribution >= 0.6 is 0 Å². The average Bonchev–Trinajstić information content (AvgIpc) is 2.72. The summed E-state index contributed by atoms with van der Waals surface area (Å²) >= 11 is 2.19. The molecule has 6 heteroatoms. The van der Waals surface area contributed by atoms with Gasteiger partial charge >= 0.3 is 0 Å². The number of para-hydroxylation sites is 1. The van der Waals surface area contributed by atoms with Crippen LogP contribution in [0.15, 0.2) is 36.4 Å². The Morgan fingerprint density at radius 3 is 2.55 bits per heavy atom. The lowest BCUT2D eigenvalue weighted by Gasteiger charge is -2.21. The SMILES string of the molecule is [B]C(=O)N1Cc2ccc([C](=O)[Al])n2Cc2ccccc21. The van der Waals surface area contributed by atoms with Gasteiger partial charge in [0.1, 0.15) is 0 Å². The van der Waals surface area contributed by atoms with Crippen LogP contribution in [0.25, 0.3) is 0 Å². The van der Waals surface area contributed by atoms with Crippen LogP contribution in [0.5, 0.6) is 0 Å². The van der Waals surface area contributed by atoms with Gasteiger partial charge in [0.2, 0.25) is 7.85 Å². The number of benzene rings is 1. The number of carbonyl (C=O) groups excluding carboxylic acids is 2. The number of hydrogen-bond donors (Lipinski definition) is 0. The predicted molar refractivity (Wildman–Crippen MR) is 77.4 cm³/mol. The number of anilines is 1. The highest BCUT2D eigenvalue weighted by Gasteiger charge is 2.23. The van der Waals surface area contributed by atoms with Gasteiger partial charge in [-0.05, 0) is 23.8 Å². The van der Waals surface area contributed by atoms with Crippen molar-refractivity contribution in [2.45, 2.75) is 13.1 Å². The van der Waals surface area contributed by atoms with Gasteiger partial charge in [-0.15, -0.1) is 0 Å². The Labute approximate surface area is 126 Å². The molecule has 0 N–H and O–H groups in total. The van der Waals surface area contributed by atoms with E-state index in [0.29, 0.717) is 18.8 Å². The maximum Gasteiger partial charge on any atom is 0.253 e. The highest BCUT2D eigenvalue weighted by atomic mass is 27.0. The normalized spacial score (nSPS) is 13.3. The maximum atomic E-state index is 11.7. The van der Waals surface area contributed by atoms with E-state index < -0.39 is 5.81 Å². The Morgan fingerprint density at radius 1 is 1.10 bits per heavy atom. The second-order valence-corrected chi connectivity index (χ2v) is 5.24. The van der Waals surface area contributed by atoms with Crippen molar-refractivity contribution in [2.75, 3.05) is 4.90 Å². The number of aromatic nitrogens is 1.